The third-order valence-corrected chi connectivity index (χ3v) is 6.00. The molecule has 156 valence electrons. The normalized spacial score (nSPS) is 14.8. The Kier molecular flexibility index (Phi) is 6.17. The minimum atomic E-state index is -0.0278. The molecule has 1 aliphatic rings. The Balaban J connectivity index is 1.28. The van der Waals surface area contributed by atoms with Gasteiger partial charge in [0.1, 0.15) is 5.58 Å². The lowest BCUT2D eigenvalue weighted by Gasteiger charge is -2.31. The van der Waals surface area contributed by atoms with Gasteiger partial charge < -0.3 is 14.6 Å². The molecule has 1 N–H and O–H groups in total. The van der Waals surface area contributed by atoms with Gasteiger partial charge in [-0.1, -0.05) is 49.4 Å². The van der Waals surface area contributed by atoms with Crippen molar-refractivity contribution in [1.82, 2.24) is 10.2 Å². The SMILES string of the molecule is CCc1ccc2c(CC(=O)N3CCC(C(=O)NCc4ccccc4)CC3)coc2c1. The molecule has 0 unspecified atom stereocenters. The molecule has 0 spiro atoms. The Bertz CT molecular complexity index is 1020. The number of carbonyl (C=O) groups excluding carboxylic acids is 2. The fraction of sp³-hybridized carbons (Fsp3) is 0.360. The molecule has 2 amide bonds. The smallest absolute Gasteiger partial charge is 0.227 e. The first kappa shape index (κ1) is 20.2. The third kappa shape index (κ3) is 4.56. The Hall–Kier alpha value is -3.08. The van der Waals surface area contributed by atoms with Crippen LogP contribution in [0.15, 0.2) is 59.2 Å². The maximum absolute atomic E-state index is 12.8. The van der Waals surface area contributed by atoms with E-state index >= 15 is 0 Å². The number of rotatable bonds is 6. The highest BCUT2D eigenvalue weighted by Crippen LogP contribution is 2.25. The van der Waals surface area contributed by atoms with Gasteiger partial charge in [0.2, 0.25) is 11.8 Å². The summed E-state index contributed by atoms with van der Waals surface area (Å²) < 4.78 is 5.67. The third-order valence-electron chi connectivity index (χ3n) is 6.00. The monoisotopic (exact) mass is 404 g/mol. The molecule has 1 saturated heterocycles. The predicted molar refractivity (Wildman–Crippen MR) is 117 cm³/mol. The van der Waals surface area contributed by atoms with Gasteiger partial charge in [-0.25, -0.2) is 0 Å². The lowest BCUT2D eigenvalue weighted by molar-refractivity contribution is -0.135. The van der Waals surface area contributed by atoms with E-state index in [4.69, 9.17) is 4.42 Å². The Morgan fingerprint density at radius 3 is 2.57 bits per heavy atom. The number of fused-ring (bicyclic) bond motifs is 1. The largest absolute Gasteiger partial charge is 0.464 e. The Morgan fingerprint density at radius 1 is 1.07 bits per heavy atom. The Morgan fingerprint density at radius 2 is 1.83 bits per heavy atom. The molecular formula is C25H28N2O3. The second-order valence-electron chi connectivity index (χ2n) is 7.98. The van der Waals surface area contributed by atoms with E-state index in [0.717, 1.165) is 28.5 Å². The van der Waals surface area contributed by atoms with Crippen LogP contribution in [0, 0.1) is 5.92 Å². The van der Waals surface area contributed by atoms with Crippen LogP contribution in [-0.2, 0) is 29.0 Å². The van der Waals surface area contributed by atoms with Crippen molar-refractivity contribution in [2.45, 2.75) is 39.2 Å². The van der Waals surface area contributed by atoms with E-state index in [1.54, 1.807) is 6.26 Å². The number of benzene rings is 2. The molecule has 1 aliphatic heterocycles. The number of furan rings is 1. The van der Waals surface area contributed by atoms with Gasteiger partial charge in [-0.05, 0) is 36.5 Å². The minimum Gasteiger partial charge on any atom is -0.464 e. The van der Waals surface area contributed by atoms with Crippen molar-refractivity contribution in [2.24, 2.45) is 5.92 Å². The van der Waals surface area contributed by atoms with Crippen molar-refractivity contribution in [2.75, 3.05) is 13.1 Å². The summed E-state index contributed by atoms with van der Waals surface area (Å²) in [6.07, 6.45) is 4.41. The molecule has 1 fully saturated rings. The lowest BCUT2D eigenvalue weighted by atomic mass is 9.95. The summed E-state index contributed by atoms with van der Waals surface area (Å²) >= 11 is 0. The van der Waals surface area contributed by atoms with E-state index in [2.05, 4.69) is 18.3 Å². The fourth-order valence-electron chi connectivity index (χ4n) is 4.08. The van der Waals surface area contributed by atoms with Crippen molar-refractivity contribution in [3.8, 4) is 0 Å². The predicted octanol–water partition coefficient (Wildman–Crippen LogP) is 4.09. The number of piperidine rings is 1. The zero-order valence-electron chi connectivity index (χ0n) is 17.4. The maximum Gasteiger partial charge on any atom is 0.227 e. The molecule has 1 aromatic heterocycles. The van der Waals surface area contributed by atoms with E-state index in [9.17, 15) is 9.59 Å². The zero-order chi connectivity index (χ0) is 20.9. The molecule has 0 bridgehead atoms. The van der Waals surface area contributed by atoms with Crippen LogP contribution in [0.1, 0.15) is 36.5 Å². The van der Waals surface area contributed by atoms with Crippen molar-refractivity contribution in [1.29, 1.82) is 0 Å². The van der Waals surface area contributed by atoms with Gasteiger partial charge in [-0.2, -0.15) is 0 Å². The summed E-state index contributed by atoms with van der Waals surface area (Å²) in [7, 11) is 0. The van der Waals surface area contributed by atoms with Crippen LogP contribution in [0.4, 0.5) is 0 Å². The van der Waals surface area contributed by atoms with Crippen LogP contribution in [0.25, 0.3) is 11.0 Å². The van der Waals surface area contributed by atoms with Gasteiger partial charge in [0.05, 0.1) is 12.7 Å². The summed E-state index contributed by atoms with van der Waals surface area (Å²) in [5, 5.41) is 4.03. The van der Waals surface area contributed by atoms with E-state index in [1.807, 2.05) is 47.4 Å². The number of aryl methyl sites for hydroxylation is 1. The molecule has 3 aromatic rings. The van der Waals surface area contributed by atoms with Crippen molar-refractivity contribution >= 4 is 22.8 Å². The van der Waals surface area contributed by atoms with Gasteiger partial charge >= 0.3 is 0 Å². The number of carbonyl (C=O) groups is 2. The fourth-order valence-corrected chi connectivity index (χ4v) is 4.08. The average molecular weight is 405 g/mol. The van der Waals surface area contributed by atoms with E-state index in [0.29, 0.717) is 38.9 Å². The van der Waals surface area contributed by atoms with Crippen LogP contribution >= 0.6 is 0 Å². The van der Waals surface area contributed by atoms with Crippen LogP contribution in [0.3, 0.4) is 0 Å². The molecule has 5 nitrogen and oxygen atoms in total. The van der Waals surface area contributed by atoms with Crippen molar-refractivity contribution < 1.29 is 14.0 Å². The number of hydrogen-bond donors (Lipinski definition) is 1. The highest BCUT2D eigenvalue weighted by atomic mass is 16.3. The summed E-state index contributed by atoms with van der Waals surface area (Å²) in [4.78, 5) is 27.2. The van der Waals surface area contributed by atoms with Gasteiger partial charge in [0.25, 0.3) is 0 Å². The Labute approximate surface area is 177 Å². The van der Waals surface area contributed by atoms with Gasteiger partial charge in [-0.3, -0.25) is 9.59 Å². The molecular weight excluding hydrogens is 376 g/mol. The summed E-state index contributed by atoms with van der Waals surface area (Å²) in [5.41, 5.74) is 4.09. The van der Waals surface area contributed by atoms with Gasteiger partial charge in [0.15, 0.2) is 0 Å². The molecule has 5 heteroatoms. The van der Waals surface area contributed by atoms with Crippen LogP contribution in [0.5, 0.6) is 0 Å². The zero-order valence-corrected chi connectivity index (χ0v) is 17.4. The molecule has 30 heavy (non-hydrogen) atoms. The van der Waals surface area contributed by atoms with Gasteiger partial charge in [-0.15, -0.1) is 0 Å². The number of hydrogen-bond acceptors (Lipinski definition) is 3. The second-order valence-corrected chi connectivity index (χ2v) is 7.98. The van der Waals surface area contributed by atoms with Crippen molar-refractivity contribution in [3.05, 3.63) is 71.5 Å². The molecule has 0 radical (unpaired) electrons. The highest BCUT2D eigenvalue weighted by Gasteiger charge is 2.27. The average Bonchev–Trinajstić information content (AvgIpc) is 3.20. The van der Waals surface area contributed by atoms with Crippen LogP contribution in [0.2, 0.25) is 0 Å². The van der Waals surface area contributed by atoms with Crippen LogP contribution in [-0.4, -0.2) is 29.8 Å². The highest BCUT2D eigenvalue weighted by molar-refractivity contribution is 5.88. The molecule has 2 aromatic carbocycles. The lowest BCUT2D eigenvalue weighted by Crippen LogP contribution is -2.43. The quantitative estimate of drug-likeness (QED) is 0.673. The first-order valence-corrected chi connectivity index (χ1v) is 10.7. The van der Waals surface area contributed by atoms with E-state index < -0.39 is 0 Å². The second kappa shape index (κ2) is 9.16. The number of likely N-dealkylation sites (tertiary alicyclic amines) is 1. The molecule has 0 aliphatic carbocycles. The van der Waals surface area contributed by atoms with E-state index in [1.165, 1.54) is 5.56 Å². The summed E-state index contributed by atoms with van der Waals surface area (Å²) in [5.74, 6) is 0.152. The van der Waals surface area contributed by atoms with Crippen LogP contribution < -0.4 is 5.32 Å². The van der Waals surface area contributed by atoms with Crippen molar-refractivity contribution in [3.63, 3.8) is 0 Å². The molecule has 0 saturated carbocycles. The summed E-state index contributed by atoms with van der Waals surface area (Å²) in [6, 6.07) is 16.1. The summed E-state index contributed by atoms with van der Waals surface area (Å²) in [6.45, 7) is 3.91. The molecule has 4 rings (SSSR count). The molecule has 0 atom stereocenters. The number of nitrogens with zero attached hydrogens (tertiary/aromatic N) is 1. The number of nitrogens with one attached hydrogen (secondary N) is 1. The standard InChI is InChI=1S/C25H28N2O3/c1-2-18-8-9-22-21(17-30-23(22)14-18)15-24(28)27-12-10-20(11-13-27)25(29)26-16-19-6-4-3-5-7-19/h3-9,14,17,20H,2,10-13,15-16H2,1H3,(H,26,29). The molecule has 2 heterocycles. The maximum atomic E-state index is 12.8. The van der Waals surface area contributed by atoms with Gasteiger partial charge in [0, 0.05) is 36.5 Å². The minimum absolute atomic E-state index is 0.0278. The number of amides is 2. The first-order valence-electron chi connectivity index (χ1n) is 10.7. The van der Waals surface area contributed by atoms with E-state index in [-0.39, 0.29) is 17.7 Å². The topological polar surface area (TPSA) is 62.6 Å². The first-order chi connectivity index (χ1) is 14.6.